The lowest BCUT2D eigenvalue weighted by Crippen LogP contribution is -2.31. The summed E-state index contributed by atoms with van der Waals surface area (Å²) in [6, 6.07) is 9.25. The second-order valence-electron chi connectivity index (χ2n) is 4.49. The maximum absolute atomic E-state index is 13.9. The molecule has 2 N–H and O–H groups in total. The van der Waals surface area contributed by atoms with E-state index in [2.05, 4.69) is 0 Å². The molecule has 5 heteroatoms. The van der Waals surface area contributed by atoms with Crippen LogP contribution in [-0.2, 0) is 0 Å². The van der Waals surface area contributed by atoms with Crippen molar-refractivity contribution in [2.75, 3.05) is 18.5 Å². The zero-order chi connectivity index (χ0) is 14.7. The zero-order valence-electron chi connectivity index (χ0n) is 11.0. The predicted molar refractivity (Wildman–Crippen MR) is 73.0 cm³/mol. The van der Waals surface area contributed by atoms with E-state index in [1.807, 2.05) is 0 Å². The molecule has 0 saturated heterocycles. The molecule has 106 valence electrons. The average Bonchev–Trinajstić information content (AvgIpc) is 2.44. The van der Waals surface area contributed by atoms with Crippen molar-refractivity contribution in [2.45, 2.75) is 6.04 Å². The van der Waals surface area contributed by atoms with Crippen molar-refractivity contribution in [3.05, 3.63) is 65.5 Å². The van der Waals surface area contributed by atoms with E-state index in [4.69, 9.17) is 5.73 Å². The molecule has 0 heterocycles. The van der Waals surface area contributed by atoms with Crippen molar-refractivity contribution < 1.29 is 13.2 Å². The number of hydrogen-bond acceptors (Lipinski definition) is 2. The van der Waals surface area contributed by atoms with Crippen LogP contribution in [0.3, 0.4) is 0 Å². The van der Waals surface area contributed by atoms with Gasteiger partial charge in [0.2, 0.25) is 0 Å². The summed E-state index contributed by atoms with van der Waals surface area (Å²) in [6.45, 7) is 0.0768. The largest absolute Gasteiger partial charge is 0.366 e. The summed E-state index contributed by atoms with van der Waals surface area (Å²) in [5.74, 6) is -2.25. The SMILES string of the molecule is CN(c1cccc(F)c1)C(CN)c1cccc(F)c1F. The molecule has 0 spiro atoms. The first kappa shape index (κ1) is 14.4. The Kier molecular flexibility index (Phi) is 4.29. The Hall–Kier alpha value is -2.01. The van der Waals surface area contributed by atoms with Crippen LogP contribution in [0.5, 0.6) is 0 Å². The first-order valence-corrected chi connectivity index (χ1v) is 6.17. The number of halogens is 3. The molecule has 1 unspecified atom stereocenters. The number of hydrogen-bond donors (Lipinski definition) is 1. The van der Waals surface area contributed by atoms with Crippen molar-refractivity contribution in [3.8, 4) is 0 Å². The van der Waals surface area contributed by atoms with Crippen LogP contribution in [0.25, 0.3) is 0 Å². The first-order chi connectivity index (χ1) is 9.54. The normalized spacial score (nSPS) is 12.2. The van der Waals surface area contributed by atoms with E-state index < -0.39 is 23.5 Å². The van der Waals surface area contributed by atoms with Gasteiger partial charge in [0.1, 0.15) is 5.82 Å². The molecular formula is C15H15F3N2. The quantitative estimate of drug-likeness (QED) is 0.931. The molecule has 0 amide bonds. The molecule has 0 fully saturated rings. The lowest BCUT2D eigenvalue weighted by Gasteiger charge is -2.29. The molecule has 0 aliphatic carbocycles. The summed E-state index contributed by atoms with van der Waals surface area (Å²) in [6.07, 6.45) is 0. The van der Waals surface area contributed by atoms with Gasteiger partial charge in [0.15, 0.2) is 11.6 Å². The van der Waals surface area contributed by atoms with E-state index in [-0.39, 0.29) is 12.1 Å². The fourth-order valence-electron chi connectivity index (χ4n) is 2.15. The van der Waals surface area contributed by atoms with Gasteiger partial charge in [-0.15, -0.1) is 0 Å². The molecule has 0 bridgehead atoms. The van der Waals surface area contributed by atoms with Crippen LogP contribution in [0.2, 0.25) is 0 Å². The molecule has 0 radical (unpaired) electrons. The van der Waals surface area contributed by atoms with Gasteiger partial charge in [-0.2, -0.15) is 0 Å². The van der Waals surface area contributed by atoms with Crippen LogP contribution in [-0.4, -0.2) is 13.6 Å². The highest BCUT2D eigenvalue weighted by Gasteiger charge is 2.21. The topological polar surface area (TPSA) is 29.3 Å². The van der Waals surface area contributed by atoms with E-state index >= 15 is 0 Å². The van der Waals surface area contributed by atoms with Crippen LogP contribution in [0.1, 0.15) is 11.6 Å². The van der Waals surface area contributed by atoms with E-state index in [1.165, 1.54) is 24.3 Å². The Morgan fingerprint density at radius 2 is 1.80 bits per heavy atom. The van der Waals surface area contributed by atoms with Gasteiger partial charge >= 0.3 is 0 Å². The number of likely N-dealkylation sites (N-methyl/N-ethyl adjacent to an activating group) is 1. The van der Waals surface area contributed by atoms with Crippen molar-refractivity contribution in [1.82, 2.24) is 0 Å². The third-order valence-electron chi connectivity index (χ3n) is 3.25. The number of nitrogens with zero attached hydrogens (tertiary/aromatic N) is 1. The van der Waals surface area contributed by atoms with Gasteiger partial charge in [-0.3, -0.25) is 0 Å². The third kappa shape index (κ3) is 2.77. The average molecular weight is 280 g/mol. The smallest absolute Gasteiger partial charge is 0.164 e. The maximum Gasteiger partial charge on any atom is 0.164 e. The van der Waals surface area contributed by atoms with Crippen molar-refractivity contribution in [1.29, 1.82) is 0 Å². The highest BCUT2D eigenvalue weighted by molar-refractivity contribution is 5.48. The van der Waals surface area contributed by atoms with Crippen LogP contribution >= 0.6 is 0 Å². The van der Waals surface area contributed by atoms with Gasteiger partial charge in [0, 0.05) is 24.8 Å². The Morgan fingerprint density at radius 3 is 2.45 bits per heavy atom. The monoisotopic (exact) mass is 280 g/mol. The van der Waals surface area contributed by atoms with E-state index in [0.717, 1.165) is 6.07 Å². The maximum atomic E-state index is 13.9. The molecule has 2 aromatic carbocycles. The van der Waals surface area contributed by atoms with Crippen LogP contribution < -0.4 is 10.6 Å². The molecule has 2 rings (SSSR count). The minimum atomic E-state index is -0.925. The van der Waals surface area contributed by atoms with Crippen LogP contribution in [0, 0.1) is 17.5 Å². The van der Waals surface area contributed by atoms with Gasteiger partial charge in [-0.05, 0) is 24.3 Å². The molecule has 0 aliphatic heterocycles. The molecule has 2 aromatic rings. The van der Waals surface area contributed by atoms with Gasteiger partial charge < -0.3 is 10.6 Å². The lowest BCUT2D eigenvalue weighted by molar-refractivity contribution is 0.486. The molecule has 2 nitrogen and oxygen atoms in total. The molecular weight excluding hydrogens is 265 g/mol. The van der Waals surface area contributed by atoms with Crippen molar-refractivity contribution >= 4 is 5.69 Å². The Labute approximate surface area is 115 Å². The van der Waals surface area contributed by atoms with E-state index in [0.29, 0.717) is 5.69 Å². The fourth-order valence-corrected chi connectivity index (χ4v) is 2.15. The molecule has 0 aromatic heterocycles. The predicted octanol–water partition coefficient (Wildman–Crippen LogP) is 3.24. The molecule has 1 atom stereocenters. The Balaban J connectivity index is 2.39. The van der Waals surface area contributed by atoms with Gasteiger partial charge in [-0.1, -0.05) is 18.2 Å². The zero-order valence-corrected chi connectivity index (χ0v) is 11.0. The highest BCUT2D eigenvalue weighted by atomic mass is 19.2. The van der Waals surface area contributed by atoms with Crippen LogP contribution in [0.15, 0.2) is 42.5 Å². The van der Waals surface area contributed by atoms with Gasteiger partial charge in [0.05, 0.1) is 6.04 Å². The van der Waals surface area contributed by atoms with E-state index in [9.17, 15) is 13.2 Å². The number of anilines is 1. The summed E-state index contributed by atoms with van der Waals surface area (Å²) in [7, 11) is 1.66. The molecule has 0 aliphatic rings. The van der Waals surface area contributed by atoms with Crippen molar-refractivity contribution in [2.24, 2.45) is 5.73 Å². The lowest BCUT2D eigenvalue weighted by atomic mass is 10.0. The summed E-state index contributed by atoms with van der Waals surface area (Å²) in [5.41, 5.74) is 6.37. The highest BCUT2D eigenvalue weighted by Crippen LogP contribution is 2.27. The third-order valence-corrected chi connectivity index (χ3v) is 3.25. The number of nitrogens with two attached hydrogens (primary N) is 1. The Bertz CT molecular complexity index is 601. The summed E-state index contributed by atoms with van der Waals surface area (Å²) < 4.78 is 40.4. The summed E-state index contributed by atoms with van der Waals surface area (Å²) in [4.78, 5) is 1.63. The number of rotatable bonds is 4. The number of benzene rings is 2. The van der Waals surface area contributed by atoms with Crippen molar-refractivity contribution in [3.63, 3.8) is 0 Å². The molecule has 20 heavy (non-hydrogen) atoms. The van der Waals surface area contributed by atoms with Gasteiger partial charge in [-0.25, -0.2) is 13.2 Å². The van der Waals surface area contributed by atoms with Gasteiger partial charge in [0.25, 0.3) is 0 Å². The van der Waals surface area contributed by atoms with E-state index in [1.54, 1.807) is 24.1 Å². The van der Waals surface area contributed by atoms with Crippen LogP contribution in [0.4, 0.5) is 18.9 Å². The summed E-state index contributed by atoms with van der Waals surface area (Å²) in [5, 5.41) is 0. The Morgan fingerprint density at radius 1 is 1.10 bits per heavy atom. The molecule has 0 saturated carbocycles. The minimum Gasteiger partial charge on any atom is -0.366 e. The fraction of sp³-hybridized carbons (Fsp3) is 0.200. The minimum absolute atomic E-state index is 0.0768. The second kappa shape index (κ2) is 5.96. The first-order valence-electron chi connectivity index (χ1n) is 6.17. The summed E-state index contributed by atoms with van der Waals surface area (Å²) >= 11 is 0. The standard InChI is InChI=1S/C15H15F3N2/c1-20(11-5-2-4-10(16)8-11)14(9-19)12-6-3-7-13(17)15(12)18/h2-8,14H,9,19H2,1H3. The second-order valence-corrected chi connectivity index (χ2v) is 4.49.